The molecule has 0 aliphatic carbocycles. The third-order valence-corrected chi connectivity index (χ3v) is 3.13. The smallest absolute Gasteiger partial charge is 0.255 e. The molecular weight excluding hydrogens is 216 g/mol. The van der Waals surface area contributed by atoms with Gasteiger partial charge in [-0.15, -0.1) is 0 Å². The van der Waals surface area contributed by atoms with E-state index in [1.807, 2.05) is 4.90 Å². The lowest BCUT2D eigenvalue weighted by atomic mass is 10.1. The van der Waals surface area contributed by atoms with E-state index in [-0.39, 0.29) is 11.9 Å². The van der Waals surface area contributed by atoms with Crippen LogP contribution in [0.3, 0.4) is 0 Å². The van der Waals surface area contributed by atoms with Gasteiger partial charge in [-0.3, -0.25) is 9.78 Å². The summed E-state index contributed by atoms with van der Waals surface area (Å²) < 4.78 is 0. The molecule has 1 aromatic rings. The van der Waals surface area contributed by atoms with Gasteiger partial charge in [0.15, 0.2) is 0 Å². The largest absolute Gasteiger partial charge is 0.332 e. The minimum Gasteiger partial charge on any atom is -0.332 e. The second-order valence-corrected chi connectivity index (χ2v) is 4.39. The van der Waals surface area contributed by atoms with Gasteiger partial charge in [0.1, 0.15) is 0 Å². The van der Waals surface area contributed by atoms with Crippen LogP contribution in [0.15, 0.2) is 24.5 Å². The number of piperazine rings is 1. The molecule has 1 fully saturated rings. The molecule has 1 amide bonds. The van der Waals surface area contributed by atoms with E-state index >= 15 is 0 Å². The number of likely N-dealkylation sites (N-methyl/N-ethyl adjacent to an activating group) is 1. The van der Waals surface area contributed by atoms with Crippen LogP contribution < -0.4 is 5.73 Å². The van der Waals surface area contributed by atoms with E-state index in [1.165, 1.54) is 0 Å². The molecule has 1 saturated heterocycles. The molecule has 1 atom stereocenters. The molecule has 5 nitrogen and oxygen atoms in total. The highest BCUT2D eigenvalue weighted by Crippen LogP contribution is 2.12. The van der Waals surface area contributed by atoms with Crippen LogP contribution in [-0.2, 0) is 0 Å². The Kier molecular flexibility index (Phi) is 3.71. The molecule has 1 unspecified atom stereocenters. The Labute approximate surface area is 101 Å². The highest BCUT2D eigenvalue weighted by atomic mass is 16.2. The fourth-order valence-electron chi connectivity index (χ4n) is 2.13. The molecule has 0 bridgehead atoms. The molecule has 92 valence electrons. The Morgan fingerprint density at radius 2 is 2.41 bits per heavy atom. The zero-order chi connectivity index (χ0) is 12.3. The summed E-state index contributed by atoms with van der Waals surface area (Å²) in [5.41, 5.74) is 6.37. The van der Waals surface area contributed by atoms with Gasteiger partial charge in [-0.05, 0) is 19.2 Å². The van der Waals surface area contributed by atoms with Crippen molar-refractivity contribution in [1.82, 2.24) is 14.8 Å². The van der Waals surface area contributed by atoms with Crippen LogP contribution in [0.1, 0.15) is 10.4 Å². The van der Waals surface area contributed by atoms with Crippen molar-refractivity contribution in [1.29, 1.82) is 0 Å². The Bertz CT molecular complexity index is 381. The molecule has 2 N–H and O–H groups in total. The summed E-state index contributed by atoms with van der Waals surface area (Å²) in [4.78, 5) is 20.3. The monoisotopic (exact) mass is 234 g/mol. The number of rotatable bonds is 2. The zero-order valence-corrected chi connectivity index (χ0v) is 10.0. The molecule has 17 heavy (non-hydrogen) atoms. The minimum atomic E-state index is 0.0293. The first-order valence-electron chi connectivity index (χ1n) is 5.82. The van der Waals surface area contributed by atoms with Crippen molar-refractivity contribution in [3.63, 3.8) is 0 Å². The second-order valence-electron chi connectivity index (χ2n) is 4.39. The number of carbonyl (C=O) groups excluding carboxylic acids is 1. The average Bonchev–Trinajstić information content (AvgIpc) is 2.39. The Morgan fingerprint density at radius 3 is 3.06 bits per heavy atom. The summed E-state index contributed by atoms with van der Waals surface area (Å²) in [5.74, 6) is 0.0293. The molecule has 1 aliphatic heterocycles. The number of carbonyl (C=O) groups is 1. The predicted octanol–water partition coefficient (Wildman–Crippen LogP) is -0.203. The summed E-state index contributed by atoms with van der Waals surface area (Å²) in [5, 5.41) is 0. The highest BCUT2D eigenvalue weighted by Gasteiger charge is 2.28. The first-order chi connectivity index (χ1) is 8.22. The van der Waals surface area contributed by atoms with Crippen LogP contribution in [-0.4, -0.2) is 60.0 Å². The third-order valence-electron chi connectivity index (χ3n) is 3.13. The second kappa shape index (κ2) is 5.25. The molecule has 0 aromatic carbocycles. The molecule has 2 rings (SSSR count). The number of nitrogens with zero attached hydrogens (tertiary/aromatic N) is 3. The summed E-state index contributed by atoms with van der Waals surface area (Å²) in [7, 11) is 2.05. The maximum absolute atomic E-state index is 12.3. The summed E-state index contributed by atoms with van der Waals surface area (Å²) >= 11 is 0. The first kappa shape index (κ1) is 12.0. The van der Waals surface area contributed by atoms with E-state index in [0.29, 0.717) is 12.1 Å². The van der Waals surface area contributed by atoms with E-state index in [1.54, 1.807) is 24.5 Å². The molecule has 0 spiro atoms. The molecular formula is C12H18N4O. The van der Waals surface area contributed by atoms with E-state index in [4.69, 9.17) is 5.73 Å². The third kappa shape index (κ3) is 2.62. The van der Waals surface area contributed by atoms with Gasteiger partial charge in [0.2, 0.25) is 0 Å². The van der Waals surface area contributed by atoms with E-state index < -0.39 is 0 Å². The van der Waals surface area contributed by atoms with Crippen molar-refractivity contribution in [2.24, 2.45) is 5.73 Å². The zero-order valence-electron chi connectivity index (χ0n) is 10.0. The summed E-state index contributed by atoms with van der Waals surface area (Å²) in [6.07, 6.45) is 3.27. The highest BCUT2D eigenvalue weighted by molar-refractivity contribution is 5.94. The van der Waals surface area contributed by atoms with Crippen molar-refractivity contribution in [2.75, 3.05) is 33.2 Å². The number of hydrogen-bond donors (Lipinski definition) is 1. The van der Waals surface area contributed by atoms with Gasteiger partial charge in [-0.2, -0.15) is 0 Å². The van der Waals surface area contributed by atoms with Gasteiger partial charge in [0.05, 0.1) is 11.6 Å². The van der Waals surface area contributed by atoms with Crippen LogP contribution in [0, 0.1) is 0 Å². The van der Waals surface area contributed by atoms with Crippen molar-refractivity contribution < 1.29 is 4.79 Å². The first-order valence-corrected chi connectivity index (χ1v) is 5.82. The van der Waals surface area contributed by atoms with Gasteiger partial charge in [0.25, 0.3) is 5.91 Å². The fourth-order valence-corrected chi connectivity index (χ4v) is 2.13. The van der Waals surface area contributed by atoms with Crippen LogP contribution >= 0.6 is 0 Å². The number of nitrogens with two attached hydrogens (primary N) is 1. The van der Waals surface area contributed by atoms with Gasteiger partial charge in [-0.25, -0.2) is 0 Å². The Morgan fingerprint density at radius 1 is 1.59 bits per heavy atom. The maximum atomic E-state index is 12.3. The van der Waals surface area contributed by atoms with E-state index in [0.717, 1.165) is 19.6 Å². The van der Waals surface area contributed by atoms with E-state index in [2.05, 4.69) is 16.9 Å². The van der Waals surface area contributed by atoms with Crippen molar-refractivity contribution in [2.45, 2.75) is 6.04 Å². The van der Waals surface area contributed by atoms with Crippen LogP contribution in [0.4, 0.5) is 0 Å². The normalized spacial score (nSPS) is 21.5. The number of pyridine rings is 1. The molecule has 1 aromatic heterocycles. The molecule has 0 radical (unpaired) electrons. The number of hydrogen-bond acceptors (Lipinski definition) is 4. The lowest BCUT2D eigenvalue weighted by Crippen LogP contribution is -2.56. The lowest BCUT2D eigenvalue weighted by Gasteiger charge is -2.39. The van der Waals surface area contributed by atoms with Crippen LogP contribution in [0.25, 0.3) is 0 Å². The van der Waals surface area contributed by atoms with Gasteiger partial charge in [-0.1, -0.05) is 0 Å². The average molecular weight is 234 g/mol. The van der Waals surface area contributed by atoms with Gasteiger partial charge < -0.3 is 15.5 Å². The Hall–Kier alpha value is -1.46. The number of aromatic nitrogens is 1. The van der Waals surface area contributed by atoms with Gasteiger partial charge >= 0.3 is 0 Å². The summed E-state index contributed by atoms with van der Waals surface area (Å²) in [6, 6.07) is 3.67. The molecule has 1 aliphatic rings. The molecule has 5 heteroatoms. The molecule has 2 heterocycles. The minimum absolute atomic E-state index is 0.0293. The topological polar surface area (TPSA) is 62.5 Å². The molecule has 0 saturated carbocycles. The predicted molar refractivity (Wildman–Crippen MR) is 65.6 cm³/mol. The van der Waals surface area contributed by atoms with Crippen molar-refractivity contribution in [3.05, 3.63) is 30.1 Å². The quantitative estimate of drug-likeness (QED) is 0.769. The number of amides is 1. The Balaban J connectivity index is 2.13. The fraction of sp³-hybridized carbons (Fsp3) is 0.500. The SMILES string of the molecule is CN1CCN(C(=O)c2cccnc2)C(CN)C1. The van der Waals surface area contributed by atoms with Crippen LogP contribution in [0.5, 0.6) is 0 Å². The van der Waals surface area contributed by atoms with Gasteiger partial charge in [0, 0.05) is 38.6 Å². The lowest BCUT2D eigenvalue weighted by molar-refractivity contribution is 0.0515. The van der Waals surface area contributed by atoms with Crippen LogP contribution in [0.2, 0.25) is 0 Å². The van der Waals surface area contributed by atoms with Crippen molar-refractivity contribution in [3.8, 4) is 0 Å². The van der Waals surface area contributed by atoms with Crippen molar-refractivity contribution >= 4 is 5.91 Å². The van der Waals surface area contributed by atoms with E-state index in [9.17, 15) is 4.79 Å². The summed E-state index contributed by atoms with van der Waals surface area (Å²) in [6.45, 7) is 2.95. The standard InChI is InChI=1S/C12H18N4O/c1-15-5-6-16(11(7-13)9-15)12(17)10-3-2-4-14-8-10/h2-4,8,11H,5-7,9,13H2,1H3. The maximum Gasteiger partial charge on any atom is 0.255 e.